The quantitative estimate of drug-likeness (QED) is 0.787. The lowest BCUT2D eigenvalue weighted by Gasteiger charge is -2.12. The van der Waals surface area contributed by atoms with Crippen molar-refractivity contribution in [1.82, 2.24) is 4.98 Å². The summed E-state index contributed by atoms with van der Waals surface area (Å²) in [6, 6.07) is 11.4. The fourth-order valence-electron chi connectivity index (χ4n) is 1.73. The molecule has 0 radical (unpaired) electrons. The van der Waals surface area contributed by atoms with Gasteiger partial charge in [0.15, 0.2) is 11.5 Å². The molecule has 2 aromatic rings. The van der Waals surface area contributed by atoms with Gasteiger partial charge >= 0.3 is 0 Å². The van der Waals surface area contributed by atoms with Crippen LogP contribution in [0.25, 0.3) is 0 Å². The average Bonchev–Trinajstić information content (AvgIpc) is 2.52. The Balaban J connectivity index is 2.20. The zero-order valence-corrected chi connectivity index (χ0v) is 12.6. The minimum absolute atomic E-state index is 0.277. The zero-order chi connectivity index (χ0) is 14.4. The molecular formula is C15H13BrN2O2. The predicted octanol–water partition coefficient (Wildman–Crippen LogP) is 3.44. The summed E-state index contributed by atoms with van der Waals surface area (Å²) in [5.74, 6) is 1.31. The summed E-state index contributed by atoms with van der Waals surface area (Å²) in [4.78, 5) is 4.01. The third-order valence-corrected chi connectivity index (χ3v) is 3.41. The number of hydrogen-bond donors (Lipinski definition) is 0. The van der Waals surface area contributed by atoms with Crippen LogP contribution in [0.1, 0.15) is 16.8 Å². The van der Waals surface area contributed by atoms with Gasteiger partial charge in [0.25, 0.3) is 0 Å². The van der Waals surface area contributed by atoms with Crippen LogP contribution in [-0.4, -0.2) is 12.1 Å². The van der Waals surface area contributed by atoms with Crippen LogP contribution >= 0.6 is 15.9 Å². The molecule has 0 saturated carbocycles. The number of benzene rings is 1. The molecule has 0 bridgehead atoms. The van der Waals surface area contributed by atoms with E-state index in [0.29, 0.717) is 17.2 Å². The number of nitriles is 1. The van der Waals surface area contributed by atoms with Crippen molar-refractivity contribution in [2.75, 3.05) is 7.11 Å². The molecule has 0 saturated heterocycles. The van der Waals surface area contributed by atoms with Crippen LogP contribution in [0.5, 0.6) is 11.5 Å². The summed E-state index contributed by atoms with van der Waals surface area (Å²) >= 11 is 3.41. The Morgan fingerprint density at radius 3 is 2.85 bits per heavy atom. The van der Waals surface area contributed by atoms with E-state index in [-0.39, 0.29) is 6.61 Å². The van der Waals surface area contributed by atoms with Gasteiger partial charge in [0.05, 0.1) is 7.11 Å². The molecule has 4 nitrogen and oxygen atoms in total. The van der Waals surface area contributed by atoms with E-state index in [9.17, 15) is 0 Å². The standard InChI is InChI=1S/C15H13BrN2O2/c1-19-14-5-4-11(8-16)7-15(14)20-10-12-3-2-6-18-13(12)9-17/h2-7H,8,10H2,1H3. The summed E-state index contributed by atoms with van der Waals surface area (Å²) in [6.07, 6.45) is 1.59. The molecule has 0 unspecified atom stereocenters. The first-order valence-electron chi connectivity index (χ1n) is 5.98. The second-order valence-electron chi connectivity index (χ2n) is 4.03. The zero-order valence-electron chi connectivity index (χ0n) is 11.0. The highest BCUT2D eigenvalue weighted by molar-refractivity contribution is 9.08. The lowest BCUT2D eigenvalue weighted by atomic mass is 10.2. The largest absolute Gasteiger partial charge is 0.493 e. The van der Waals surface area contributed by atoms with Crippen molar-refractivity contribution in [2.45, 2.75) is 11.9 Å². The van der Waals surface area contributed by atoms with Crippen LogP contribution in [0.2, 0.25) is 0 Å². The summed E-state index contributed by atoms with van der Waals surface area (Å²) in [7, 11) is 1.60. The Hall–Kier alpha value is -2.06. The van der Waals surface area contributed by atoms with Crippen molar-refractivity contribution in [1.29, 1.82) is 5.26 Å². The van der Waals surface area contributed by atoms with Crippen LogP contribution in [0, 0.1) is 11.3 Å². The molecule has 0 aliphatic carbocycles. The molecule has 0 aliphatic rings. The molecule has 0 amide bonds. The maximum absolute atomic E-state index is 9.00. The number of ether oxygens (including phenoxy) is 2. The van der Waals surface area contributed by atoms with Crippen molar-refractivity contribution in [3.05, 3.63) is 53.3 Å². The van der Waals surface area contributed by atoms with E-state index >= 15 is 0 Å². The van der Waals surface area contributed by atoms with Crippen molar-refractivity contribution in [3.8, 4) is 17.6 Å². The highest BCUT2D eigenvalue weighted by Crippen LogP contribution is 2.29. The first kappa shape index (κ1) is 14.4. The number of nitrogens with zero attached hydrogens (tertiary/aromatic N) is 2. The molecule has 1 aromatic heterocycles. The maximum atomic E-state index is 9.00. The van der Waals surface area contributed by atoms with Gasteiger partial charge in [-0.3, -0.25) is 0 Å². The third kappa shape index (κ3) is 3.28. The Bertz CT molecular complexity index is 638. The molecule has 5 heteroatoms. The van der Waals surface area contributed by atoms with Gasteiger partial charge in [-0.15, -0.1) is 0 Å². The topological polar surface area (TPSA) is 55.1 Å². The molecule has 1 aromatic carbocycles. The van der Waals surface area contributed by atoms with Gasteiger partial charge in [0, 0.05) is 17.1 Å². The van der Waals surface area contributed by atoms with Gasteiger partial charge in [-0.25, -0.2) is 4.98 Å². The van der Waals surface area contributed by atoms with E-state index in [1.54, 1.807) is 19.4 Å². The first-order valence-corrected chi connectivity index (χ1v) is 7.10. The average molecular weight is 333 g/mol. The van der Waals surface area contributed by atoms with Gasteiger partial charge in [0.2, 0.25) is 0 Å². The molecule has 0 aliphatic heterocycles. The SMILES string of the molecule is COc1ccc(CBr)cc1OCc1cccnc1C#N. The van der Waals surface area contributed by atoms with Gasteiger partial charge in [0.1, 0.15) is 18.4 Å². The van der Waals surface area contributed by atoms with Crippen molar-refractivity contribution in [2.24, 2.45) is 0 Å². The van der Waals surface area contributed by atoms with Gasteiger partial charge in [-0.1, -0.05) is 28.1 Å². The Morgan fingerprint density at radius 1 is 1.30 bits per heavy atom. The molecule has 0 fully saturated rings. The molecular weight excluding hydrogens is 320 g/mol. The van der Waals surface area contributed by atoms with Gasteiger partial charge in [-0.05, 0) is 23.8 Å². The van der Waals surface area contributed by atoms with Gasteiger partial charge < -0.3 is 9.47 Å². The second-order valence-corrected chi connectivity index (χ2v) is 4.59. The Morgan fingerprint density at radius 2 is 2.15 bits per heavy atom. The van der Waals surface area contributed by atoms with Crippen molar-refractivity contribution in [3.63, 3.8) is 0 Å². The Labute approximate surface area is 126 Å². The smallest absolute Gasteiger partial charge is 0.161 e. The molecule has 102 valence electrons. The van der Waals surface area contributed by atoms with Crippen LogP contribution in [0.4, 0.5) is 0 Å². The Kier molecular flexibility index (Phi) is 4.97. The molecule has 20 heavy (non-hydrogen) atoms. The minimum atomic E-state index is 0.277. The highest BCUT2D eigenvalue weighted by Gasteiger charge is 2.08. The lowest BCUT2D eigenvalue weighted by molar-refractivity contribution is 0.283. The van der Waals surface area contributed by atoms with E-state index < -0.39 is 0 Å². The fourth-order valence-corrected chi connectivity index (χ4v) is 2.08. The van der Waals surface area contributed by atoms with Crippen LogP contribution < -0.4 is 9.47 Å². The van der Waals surface area contributed by atoms with Crippen LogP contribution in [0.15, 0.2) is 36.5 Å². The number of aromatic nitrogens is 1. The summed E-state index contributed by atoms with van der Waals surface area (Å²) < 4.78 is 11.0. The number of rotatable bonds is 5. The van der Waals surface area contributed by atoms with Crippen molar-refractivity contribution < 1.29 is 9.47 Å². The number of methoxy groups -OCH3 is 1. The van der Waals surface area contributed by atoms with E-state index in [4.69, 9.17) is 14.7 Å². The molecule has 0 atom stereocenters. The van der Waals surface area contributed by atoms with E-state index in [0.717, 1.165) is 16.5 Å². The monoisotopic (exact) mass is 332 g/mol. The van der Waals surface area contributed by atoms with E-state index in [1.165, 1.54) is 0 Å². The molecule has 0 N–H and O–H groups in total. The summed E-state index contributed by atoms with van der Waals surface area (Å²) in [5, 5.41) is 9.74. The second kappa shape index (κ2) is 6.92. The predicted molar refractivity (Wildman–Crippen MR) is 78.9 cm³/mol. The van der Waals surface area contributed by atoms with Crippen LogP contribution in [-0.2, 0) is 11.9 Å². The summed E-state index contributed by atoms with van der Waals surface area (Å²) in [6.45, 7) is 0.277. The fraction of sp³-hybridized carbons (Fsp3) is 0.200. The van der Waals surface area contributed by atoms with Crippen LogP contribution in [0.3, 0.4) is 0 Å². The highest BCUT2D eigenvalue weighted by atomic mass is 79.9. The third-order valence-electron chi connectivity index (χ3n) is 2.76. The van der Waals surface area contributed by atoms with Gasteiger partial charge in [-0.2, -0.15) is 5.26 Å². The summed E-state index contributed by atoms with van der Waals surface area (Å²) in [5.41, 5.74) is 2.22. The van der Waals surface area contributed by atoms with E-state index in [1.807, 2.05) is 24.3 Å². The van der Waals surface area contributed by atoms with E-state index in [2.05, 4.69) is 27.0 Å². The molecule has 0 spiro atoms. The molecule has 1 heterocycles. The maximum Gasteiger partial charge on any atom is 0.161 e. The number of pyridine rings is 1. The first-order chi connectivity index (χ1) is 9.78. The minimum Gasteiger partial charge on any atom is -0.493 e. The van der Waals surface area contributed by atoms with Crippen molar-refractivity contribution >= 4 is 15.9 Å². The number of hydrogen-bond acceptors (Lipinski definition) is 4. The lowest BCUT2D eigenvalue weighted by Crippen LogP contribution is -2.01. The number of halogens is 1. The molecule has 2 rings (SSSR count). The normalized spacial score (nSPS) is 9.85. The number of alkyl halides is 1.